The van der Waals surface area contributed by atoms with E-state index in [1.165, 1.54) is 23.9 Å². The molecule has 0 saturated heterocycles. The van der Waals surface area contributed by atoms with Gasteiger partial charge in [-0.1, -0.05) is 59.8 Å². The highest BCUT2D eigenvalue weighted by Gasteiger charge is 2.30. The number of rotatable bonds is 5. The number of hydrogen-bond acceptors (Lipinski definition) is 5. The Kier molecular flexibility index (Phi) is 4.83. The van der Waals surface area contributed by atoms with Crippen molar-refractivity contribution < 1.29 is 17.6 Å². The second kappa shape index (κ2) is 6.90. The van der Waals surface area contributed by atoms with Gasteiger partial charge in [-0.2, -0.15) is 0 Å². The van der Waals surface area contributed by atoms with Crippen molar-refractivity contribution >= 4 is 27.4 Å². The van der Waals surface area contributed by atoms with E-state index < -0.39 is 9.84 Å². The number of sulfone groups is 1. The number of furan rings is 1. The molecule has 0 atom stereocenters. The number of ketones is 1. The smallest absolute Gasteiger partial charge is 0.210 e. The summed E-state index contributed by atoms with van der Waals surface area (Å²) in [6.07, 6.45) is 2.89. The predicted molar refractivity (Wildman–Crippen MR) is 97.0 cm³/mol. The summed E-state index contributed by atoms with van der Waals surface area (Å²) in [5, 5.41) is 0.291. The van der Waals surface area contributed by atoms with Gasteiger partial charge in [0.2, 0.25) is 9.84 Å². The standard InChI is InChI=1S/C19H16O4S2/c1-13-8-10-15(11-9-13)25(21,22)16-12-23-19(24-2)17(16)18(20)14-6-4-3-5-7-14/h3-12H,1-2H3. The molecule has 0 aliphatic carbocycles. The van der Waals surface area contributed by atoms with Crippen LogP contribution in [-0.4, -0.2) is 20.5 Å². The summed E-state index contributed by atoms with van der Waals surface area (Å²) in [6, 6.07) is 15.1. The van der Waals surface area contributed by atoms with Crippen LogP contribution in [0, 0.1) is 6.92 Å². The van der Waals surface area contributed by atoms with Crippen molar-refractivity contribution in [2.24, 2.45) is 0 Å². The average molecular weight is 372 g/mol. The van der Waals surface area contributed by atoms with Crippen molar-refractivity contribution in [3.8, 4) is 0 Å². The molecule has 3 rings (SSSR count). The highest BCUT2D eigenvalue weighted by Crippen LogP contribution is 2.34. The molecule has 1 heterocycles. The molecule has 0 aliphatic heterocycles. The summed E-state index contributed by atoms with van der Waals surface area (Å²) in [7, 11) is -3.86. The topological polar surface area (TPSA) is 64.3 Å². The molecule has 4 nitrogen and oxygen atoms in total. The summed E-state index contributed by atoms with van der Waals surface area (Å²) in [6.45, 7) is 1.88. The maximum Gasteiger partial charge on any atom is 0.210 e. The molecule has 3 aromatic rings. The third kappa shape index (κ3) is 3.27. The lowest BCUT2D eigenvalue weighted by atomic mass is 10.1. The lowest BCUT2D eigenvalue weighted by molar-refractivity contribution is 0.103. The molecule has 1 aromatic heterocycles. The molecule has 6 heteroatoms. The van der Waals surface area contributed by atoms with Crippen LogP contribution in [0.4, 0.5) is 0 Å². The van der Waals surface area contributed by atoms with Crippen LogP contribution < -0.4 is 0 Å². The first kappa shape index (κ1) is 17.5. The van der Waals surface area contributed by atoms with Crippen molar-refractivity contribution in [3.63, 3.8) is 0 Å². The summed E-state index contributed by atoms with van der Waals surface area (Å²) in [5.74, 6) is -0.371. The Morgan fingerprint density at radius 3 is 2.24 bits per heavy atom. The van der Waals surface area contributed by atoms with Gasteiger partial charge in [0.05, 0.1) is 10.5 Å². The molecule has 2 aromatic carbocycles. The maximum atomic E-state index is 13.0. The van der Waals surface area contributed by atoms with Gasteiger partial charge in [-0.15, -0.1) is 0 Å². The van der Waals surface area contributed by atoms with Gasteiger partial charge in [0, 0.05) is 5.56 Å². The van der Waals surface area contributed by atoms with Gasteiger partial charge in [0.1, 0.15) is 11.2 Å². The van der Waals surface area contributed by atoms with Crippen molar-refractivity contribution in [1.29, 1.82) is 0 Å². The van der Waals surface area contributed by atoms with Crippen LogP contribution in [0.3, 0.4) is 0 Å². The zero-order chi connectivity index (χ0) is 18.0. The molecule has 0 amide bonds. The van der Waals surface area contributed by atoms with Gasteiger partial charge < -0.3 is 4.42 Å². The largest absolute Gasteiger partial charge is 0.456 e. The predicted octanol–water partition coefficient (Wildman–Crippen LogP) is 4.37. The first-order valence-corrected chi connectivity index (χ1v) is 10.2. The molecule has 0 N–H and O–H groups in total. The lowest BCUT2D eigenvalue weighted by Gasteiger charge is -2.06. The van der Waals surface area contributed by atoms with Gasteiger partial charge in [-0.25, -0.2) is 8.42 Å². The SMILES string of the molecule is CSc1occ(S(=O)(=O)c2ccc(C)cc2)c1C(=O)c1ccccc1. The highest BCUT2D eigenvalue weighted by molar-refractivity contribution is 7.98. The van der Waals surface area contributed by atoms with Crippen LogP contribution in [0.15, 0.2) is 80.2 Å². The molecule has 0 aliphatic rings. The number of carbonyl (C=O) groups excluding carboxylic acids is 1. The number of thioether (sulfide) groups is 1. The Bertz CT molecular complexity index is 1000. The van der Waals surface area contributed by atoms with E-state index in [1.54, 1.807) is 48.7 Å². The van der Waals surface area contributed by atoms with Crippen LogP contribution in [-0.2, 0) is 9.84 Å². The van der Waals surface area contributed by atoms with Crippen molar-refractivity contribution in [2.75, 3.05) is 6.26 Å². The summed E-state index contributed by atoms with van der Waals surface area (Å²) in [4.78, 5) is 12.9. The number of carbonyl (C=O) groups is 1. The van der Waals surface area contributed by atoms with Gasteiger partial charge >= 0.3 is 0 Å². The minimum Gasteiger partial charge on any atom is -0.456 e. The van der Waals surface area contributed by atoms with Crippen LogP contribution >= 0.6 is 11.8 Å². The van der Waals surface area contributed by atoms with Crippen LogP contribution in [0.2, 0.25) is 0 Å². The molecule has 0 fully saturated rings. The van der Waals surface area contributed by atoms with E-state index in [-0.39, 0.29) is 21.1 Å². The molecule has 25 heavy (non-hydrogen) atoms. The van der Waals surface area contributed by atoms with Gasteiger partial charge in [0.25, 0.3) is 0 Å². The fourth-order valence-electron chi connectivity index (χ4n) is 2.46. The highest BCUT2D eigenvalue weighted by atomic mass is 32.2. The molecule has 0 bridgehead atoms. The van der Waals surface area contributed by atoms with E-state index in [4.69, 9.17) is 4.42 Å². The lowest BCUT2D eigenvalue weighted by Crippen LogP contribution is -2.09. The van der Waals surface area contributed by atoms with Crippen molar-refractivity contribution in [3.05, 3.63) is 77.6 Å². The Morgan fingerprint density at radius 2 is 1.64 bits per heavy atom. The molecular formula is C19H16O4S2. The summed E-state index contributed by atoms with van der Waals surface area (Å²) >= 11 is 1.20. The van der Waals surface area contributed by atoms with Crippen molar-refractivity contribution in [1.82, 2.24) is 0 Å². The molecule has 128 valence electrons. The Labute approximate surface area is 150 Å². The number of benzene rings is 2. The average Bonchev–Trinajstić information content (AvgIpc) is 3.07. The zero-order valence-corrected chi connectivity index (χ0v) is 15.4. The quantitative estimate of drug-likeness (QED) is 0.491. The Hall–Kier alpha value is -2.31. The van der Waals surface area contributed by atoms with Gasteiger partial charge in [-0.05, 0) is 25.3 Å². The monoisotopic (exact) mass is 372 g/mol. The fourth-order valence-corrected chi connectivity index (χ4v) is 4.45. The maximum absolute atomic E-state index is 13.0. The second-order valence-corrected chi connectivity index (χ2v) is 8.18. The first-order valence-electron chi connectivity index (χ1n) is 7.52. The minimum absolute atomic E-state index is 0.0827. The van der Waals surface area contributed by atoms with E-state index in [0.29, 0.717) is 10.7 Å². The van der Waals surface area contributed by atoms with E-state index in [2.05, 4.69) is 0 Å². The molecule has 0 unspecified atom stereocenters. The molecule has 0 spiro atoms. The summed E-state index contributed by atoms with van der Waals surface area (Å²) < 4.78 is 31.4. The van der Waals surface area contributed by atoms with Crippen LogP contribution in [0.5, 0.6) is 0 Å². The number of aryl methyl sites for hydroxylation is 1. The van der Waals surface area contributed by atoms with Gasteiger partial charge in [-0.3, -0.25) is 4.79 Å². The van der Waals surface area contributed by atoms with Crippen LogP contribution in [0.1, 0.15) is 21.5 Å². The molecular weight excluding hydrogens is 356 g/mol. The third-order valence-electron chi connectivity index (χ3n) is 3.79. The van der Waals surface area contributed by atoms with Crippen LogP contribution in [0.25, 0.3) is 0 Å². The van der Waals surface area contributed by atoms with E-state index in [1.807, 2.05) is 6.92 Å². The zero-order valence-electron chi connectivity index (χ0n) is 13.7. The first-order chi connectivity index (χ1) is 11.9. The Morgan fingerprint density at radius 1 is 1.00 bits per heavy atom. The van der Waals surface area contributed by atoms with Crippen molar-refractivity contribution in [2.45, 2.75) is 21.8 Å². The number of hydrogen-bond donors (Lipinski definition) is 0. The fraction of sp³-hybridized carbons (Fsp3) is 0.105. The van der Waals surface area contributed by atoms with E-state index in [9.17, 15) is 13.2 Å². The van der Waals surface area contributed by atoms with E-state index >= 15 is 0 Å². The Balaban J connectivity index is 2.16. The van der Waals surface area contributed by atoms with Gasteiger partial charge in [0.15, 0.2) is 10.9 Å². The summed E-state index contributed by atoms with van der Waals surface area (Å²) in [5.41, 5.74) is 1.45. The van der Waals surface area contributed by atoms with E-state index in [0.717, 1.165) is 11.8 Å². The third-order valence-corrected chi connectivity index (χ3v) is 6.24. The minimum atomic E-state index is -3.86. The molecule has 0 radical (unpaired) electrons. The second-order valence-electron chi connectivity index (χ2n) is 5.48. The molecule has 0 saturated carbocycles. The normalized spacial score (nSPS) is 11.4.